The molecule has 2 nitrogen and oxygen atoms in total. The molecule has 0 fully saturated rings. The Labute approximate surface area is 164 Å². The zero-order valence-corrected chi connectivity index (χ0v) is 18.0. The highest BCUT2D eigenvalue weighted by Crippen LogP contribution is 2.35. The van der Waals surface area contributed by atoms with Crippen molar-refractivity contribution in [3.05, 3.63) is 77.9 Å². The van der Waals surface area contributed by atoms with Gasteiger partial charge in [0.2, 0.25) is 0 Å². The van der Waals surface area contributed by atoms with Gasteiger partial charge in [-0.1, -0.05) is 88.3 Å². The topological polar surface area (TPSA) is 29.1 Å². The fourth-order valence-electron chi connectivity index (χ4n) is 2.21. The molecule has 0 atom stereocenters. The molecule has 1 amide bonds. The van der Waals surface area contributed by atoms with E-state index in [0.717, 1.165) is 11.1 Å². The molecule has 3 heteroatoms. The van der Waals surface area contributed by atoms with Gasteiger partial charge in [-0.25, -0.2) is 0 Å². The van der Waals surface area contributed by atoms with Crippen LogP contribution in [0, 0.1) is 11.5 Å². The minimum absolute atomic E-state index is 0.0726. The van der Waals surface area contributed by atoms with E-state index < -0.39 is 8.07 Å². The first-order valence-corrected chi connectivity index (χ1v) is 12.3. The van der Waals surface area contributed by atoms with E-state index in [1.54, 1.807) is 0 Å². The summed E-state index contributed by atoms with van der Waals surface area (Å²) in [5, 5.41) is 3.17. The van der Waals surface area contributed by atoms with E-state index in [4.69, 9.17) is 0 Å². The molecule has 0 unspecified atom stereocenters. The molecule has 27 heavy (non-hydrogen) atoms. The molecule has 0 saturated heterocycles. The van der Waals surface area contributed by atoms with Crippen molar-refractivity contribution in [1.82, 2.24) is 5.32 Å². The summed E-state index contributed by atoms with van der Waals surface area (Å²) in [6, 6.07) is 19.4. The van der Waals surface area contributed by atoms with Crippen molar-refractivity contribution in [1.29, 1.82) is 0 Å². The van der Waals surface area contributed by atoms with Gasteiger partial charge in [0.25, 0.3) is 5.91 Å². The summed E-state index contributed by atoms with van der Waals surface area (Å²) in [6.07, 6.45) is 2.01. The average Bonchev–Trinajstić information content (AvgIpc) is 2.64. The largest absolute Gasteiger partial charge is 0.349 e. The number of hydrogen-bond acceptors (Lipinski definition) is 1. The molecule has 0 aliphatic heterocycles. The molecule has 0 aliphatic carbocycles. The lowest BCUT2D eigenvalue weighted by Crippen LogP contribution is -2.35. The van der Waals surface area contributed by atoms with E-state index in [0.29, 0.717) is 12.1 Å². The molecule has 2 aromatic carbocycles. The Hall–Kier alpha value is -2.57. The van der Waals surface area contributed by atoms with Gasteiger partial charge in [0.1, 0.15) is 8.07 Å². The number of amides is 1. The molecule has 2 rings (SSSR count). The van der Waals surface area contributed by atoms with E-state index in [1.165, 1.54) is 0 Å². The first-order chi connectivity index (χ1) is 12.7. The molecule has 140 valence electrons. The Balaban J connectivity index is 2.21. The predicted molar refractivity (Wildman–Crippen MR) is 118 cm³/mol. The van der Waals surface area contributed by atoms with Gasteiger partial charge >= 0.3 is 0 Å². The summed E-state index contributed by atoms with van der Waals surface area (Å²) >= 11 is 0. The molecular weight excluding hydrogens is 346 g/mol. The number of carbonyl (C=O) groups excluding carboxylic acids is 1. The molecular formula is C24H29NOSi. The third-order valence-corrected chi connectivity index (χ3v) is 9.57. The number of hydrogen-bond donors (Lipinski definition) is 1. The van der Waals surface area contributed by atoms with Gasteiger partial charge in [-0.05, 0) is 28.8 Å². The second kappa shape index (κ2) is 8.88. The molecule has 0 saturated carbocycles. The van der Waals surface area contributed by atoms with E-state index in [1.807, 2.05) is 54.6 Å². The lowest BCUT2D eigenvalue weighted by atomic mass is 10.1. The Bertz CT molecular complexity index is 850. The highest BCUT2D eigenvalue weighted by molar-refractivity contribution is 6.87. The first kappa shape index (κ1) is 20.7. The van der Waals surface area contributed by atoms with E-state index in [2.05, 4.69) is 62.8 Å². The SMILES string of the molecule is CC(C)(C)[Si](C)(C)C#C/C(=C/CNC(=O)c1ccccc1)c1ccccc1. The summed E-state index contributed by atoms with van der Waals surface area (Å²) in [5.74, 6) is 3.35. The smallest absolute Gasteiger partial charge is 0.251 e. The monoisotopic (exact) mass is 375 g/mol. The van der Waals surface area contributed by atoms with Crippen molar-refractivity contribution in [3.63, 3.8) is 0 Å². The lowest BCUT2D eigenvalue weighted by Gasteiger charge is -2.31. The third kappa shape index (κ3) is 5.98. The van der Waals surface area contributed by atoms with Crippen LogP contribution in [0.4, 0.5) is 0 Å². The summed E-state index contributed by atoms with van der Waals surface area (Å²) in [4.78, 5) is 12.2. The fourth-order valence-corrected chi connectivity index (χ4v) is 3.03. The molecule has 0 spiro atoms. The van der Waals surface area contributed by atoms with Crippen molar-refractivity contribution in [2.24, 2.45) is 0 Å². The van der Waals surface area contributed by atoms with E-state index in [9.17, 15) is 4.79 Å². The van der Waals surface area contributed by atoms with Crippen LogP contribution < -0.4 is 5.32 Å². The number of benzene rings is 2. The number of allylic oxidation sites excluding steroid dienone is 1. The number of rotatable bonds is 4. The van der Waals surface area contributed by atoms with Crippen LogP contribution in [0.25, 0.3) is 5.57 Å². The minimum Gasteiger partial charge on any atom is -0.349 e. The van der Waals surface area contributed by atoms with E-state index in [-0.39, 0.29) is 10.9 Å². The molecule has 0 heterocycles. The van der Waals surface area contributed by atoms with Gasteiger partial charge in [-0.15, -0.1) is 5.54 Å². The number of carbonyl (C=O) groups is 1. The highest BCUT2D eigenvalue weighted by atomic mass is 28.3. The maximum Gasteiger partial charge on any atom is 0.251 e. The van der Waals surface area contributed by atoms with Gasteiger partial charge in [0, 0.05) is 17.7 Å². The molecule has 0 aliphatic rings. The molecule has 2 aromatic rings. The zero-order valence-electron chi connectivity index (χ0n) is 17.0. The lowest BCUT2D eigenvalue weighted by molar-refractivity contribution is 0.0958. The van der Waals surface area contributed by atoms with Gasteiger partial charge < -0.3 is 5.32 Å². The first-order valence-electron chi connectivity index (χ1n) is 9.33. The van der Waals surface area contributed by atoms with Gasteiger partial charge in [-0.3, -0.25) is 4.79 Å². The Kier molecular flexibility index (Phi) is 6.82. The van der Waals surface area contributed by atoms with Gasteiger partial charge in [-0.2, -0.15) is 0 Å². The molecule has 0 bridgehead atoms. The predicted octanol–water partition coefficient (Wildman–Crippen LogP) is 5.55. The molecule has 0 radical (unpaired) electrons. The van der Waals surface area contributed by atoms with Gasteiger partial charge in [0.05, 0.1) is 0 Å². The summed E-state index contributed by atoms with van der Waals surface area (Å²) in [6.45, 7) is 11.9. The van der Waals surface area contributed by atoms with Crippen molar-refractivity contribution in [3.8, 4) is 11.5 Å². The van der Waals surface area contributed by atoms with Crippen LogP contribution in [0.5, 0.6) is 0 Å². The maximum atomic E-state index is 12.2. The van der Waals surface area contributed by atoms with Crippen LogP contribution in [0.3, 0.4) is 0 Å². The second-order valence-corrected chi connectivity index (χ2v) is 13.2. The van der Waals surface area contributed by atoms with Crippen molar-refractivity contribution in [2.75, 3.05) is 6.54 Å². The van der Waals surface area contributed by atoms with Crippen LogP contribution in [0.1, 0.15) is 36.7 Å². The van der Waals surface area contributed by atoms with Crippen molar-refractivity contribution in [2.45, 2.75) is 38.9 Å². The zero-order chi connectivity index (χ0) is 19.9. The molecule has 0 aromatic heterocycles. The average molecular weight is 376 g/mol. The molecule has 1 N–H and O–H groups in total. The quantitative estimate of drug-likeness (QED) is 0.551. The van der Waals surface area contributed by atoms with Crippen LogP contribution >= 0.6 is 0 Å². The summed E-state index contributed by atoms with van der Waals surface area (Å²) in [5.41, 5.74) is 6.29. The van der Waals surface area contributed by atoms with Crippen LogP contribution in [-0.4, -0.2) is 20.5 Å². The fraction of sp³-hybridized carbons (Fsp3) is 0.292. The van der Waals surface area contributed by atoms with Crippen LogP contribution in [0.15, 0.2) is 66.7 Å². The van der Waals surface area contributed by atoms with Crippen molar-refractivity contribution < 1.29 is 4.79 Å². The Morgan fingerprint density at radius 3 is 2.00 bits per heavy atom. The summed E-state index contributed by atoms with van der Waals surface area (Å²) in [7, 11) is -1.70. The normalized spacial score (nSPS) is 12.1. The second-order valence-electron chi connectivity index (χ2n) is 8.18. The highest BCUT2D eigenvalue weighted by Gasteiger charge is 2.33. The van der Waals surface area contributed by atoms with Crippen molar-refractivity contribution >= 4 is 19.6 Å². The number of nitrogens with one attached hydrogen (secondary N) is 1. The minimum atomic E-state index is -1.70. The third-order valence-electron chi connectivity index (χ3n) is 5.07. The maximum absolute atomic E-state index is 12.2. The Morgan fingerprint density at radius 2 is 1.48 bits per heavy atom. The standard InChI is InChI=1S/C24H29NOSi/c1-24(2,3)27(4,5)19-17-21(20-12-8-6-9-13-20)16-18-25-23(26)22-14-10-7-11-15-22/h6-16H,18H2,1-5H3,(H,25,26)/b21-16-. The van der Waals surface area contributed by atoms with E-state index >= 15 is 0 Å². The summed E-state index contributed by atoms with van der Waals surface area (Å²) < 4.78 is 0. The Morgan fingerprint density at radius 1 is 0.963 bits per heavy atom. The van der Waals surface area contributed by atoms with Crippen LogP contribution in [-0.2, 0) is 0 Å². The van der Waals surface area contributed by atoms with Gasteiger partial charge in [0.15, 0.2) is 0 Å². The van der Waals surface area contributed by atoms with Crippen LogP contribution in [0.2, 0.25) is 18.1 Å².